The lowest BCUT2D eigenvalue weighted by Crippen LogP contribution is -1.91. The summed E-state index contributed by atoms with van der Waals surface area (Å²) in [5.74, 6) is 0. The van der Waals surface area contributed by atoms with Gasteiger partial charge in [-0.1, -0.05) is 43.3 Å². The van der Waals surface area contributed by atoms with Gasteiger partial charge in [0.25, 0.3) is 5.69 Å². The summed E-state index contributed by atoms with van der Waals surface area (Å²) in [6, 6.07) is 16.6. The average molecular weight is 361 g/mol. The number of nitro groups is 1. The highest BCUT2D eigenvalue weighted by atomic mass is 32.1. The van der Waals surface area contributed by atoms with E-state index in [1.807, 2.05) is 17.5 Å². The van der Waals surface area contributed by atoms with Crippen molar-refractivity contribution in [2.24, 2.45) is 0 Å². The number of aryl methyl sites for hydroxylation is 1. The van der Waals surface area contributed by atoms with E-state index in [1.54, 1.807) is 18.2 Å². The molecule has 0 fully saturated rings. The number of nitrogens with zero attached hydrogens (tertiary/aromatic N) is 3. The summed E-state index contributed by atoms with van der Waals surface area (Å²) in [6.07, 6.45) is 2.49. The number of aromatic nitrogens is 1. The highest BCUT2D eigenvalue weighted by Crippen LogP contribution is 2.29. The van der Waals surface area contributed by atoms with Crippen molar-refractivity contribution in [2.75, 3.05) is 0 Å². The quantitative estimate of drug-likeness (QED) is 0.349. The Kier molecular flexibility index (Phi) is 5.20. The van der Waals surface area contributed by atoms with Gasteiger partial charge in [-0.15, -0.1) is 11.3 Å². The molecule has 5 nitrogen and oxygen atoms in total. The molecule has 1 aromatic heterocycles. The molecule has 26 heavy (non-hydrogen) atoms. The lowest BCUT2D eigenvalue weighted by Gasteiger charge is -2.00. The Balaban J connectivity index is 1.96. The van der Waals surface area contributed by atoms with Crippen molar-refractivity contribution in [1.82, 2.24) is 4.98 Å². The fourth-order valence-electron chi connectivity index (χ4n) is 2.51. The molecule has 0 spiro atoms. The van der Waals surface area contributed by atoms with Crippen LogP contribution in [0.2, 0.25) is 0 Å². The number of allylic oxidation sites excluding steroid dienone is 1. The van der Waals surface area contributed by atoms with Crippen molar-refractivity contribution in [3.8, 4) is 17.3 Å². The molecular formula is C20H15N3O2S. The van der Waals surface area contributed by atoms with Crippen LogP contribution < -0.4 is 0 Å². The van der Waals surface area contributed by atoms with E-state index in [0.717, 1.165) is 17.7 Å². The monoisotopic (exact) mass is 361 g/mol. The highest BCUT2D eigenvalue weighted by Gasteiger charge is 2.14. The average Bonchev–Trinajstić information content (AvgIpc) is 3.16. The molecular weight excluding hydrogens is 346 g/mol. The molecule has 1 heterocycles. The van der Waals surface area contributed by atoms with Gasteiger partial charge < -0.3 is 0 Å². The first-order valence-corrected chi connectivity index (χ1v) is 8.90. The summed E-state index contributed by atoms with van der Waals surface area (Å²) >= 11 is 1.35. The predicted octanol–water partition coefficient (Wildman–Crippen LogP) is 5.34. The van der Waals surface area contributed by atoms with Crippen molar-refractivity contribution in [1.29, 1.82) is 5.26 Å². The van der Waals surface area contributed by atoms with Gasteiger partial charge >= 0.3 is 0 Å². The van der Waals surface area contributed by atoms with Crippen LogP contribution >= 0.6 is 11.3 Å². The standard InChI is InChI=1S/C20H15N3O2S/c1-2-14-7-9-15(10-8-14)18-13-26-20(22-18)17(12-21)11-16-5-3-4-6-19(16)23(24)25/h3-11,13H,2H2,1H3/b17-11+. The number of thiazole rings is 1. The van der Waals surface area contributed by atoms with Crippen molar-refractivity contribution >= 4 is 28.7 Å². The van der Waals surface area contributed by atoms with Gasteiger partial charge in [-0.05, 0) is 24.1 Å². The SMILES string of the molecule is CCc1ccc(-c2csc(/C(C#N)=C/c3ccccc3[N+](=O)[O-])n2)cc1. The van der Waals surface area contributed by atoms with E-state index in [9.17, 15) is 15.4 Å². The van der Waals surface area contributed by atoms with E-state index in [1.165, 1.54) is 29.0 Å². The van der Waals surface area contributed by atoms with Crippen molar-refractivity contribution in [2.45, 2.75) is 13.3 Å². The fraction of sp³-hybridized carbons (Fsp3) is 0.100. The largest absolute Gasteiger partial charge is 0.276 e. The zero-order valence-corrected chi connectivity index (χ0v) is 14.9. The van der Waals surface area contributed by atoms with Crippen molar-refractivity contribution in [3.05, 3.63) is 80.2 Å². The van der Waals surface area contributed by atoms with Gasteiger partial charge in [0.1, 0.15) is 11.1 Å². The molecule has 0 aliphatic carbocycles. The molecule has 2 aromatic carbocycles. The molecule has 0 atom stereocenters. The second-order valence-corrected chi connectivity index (χ2v) is 6.43. The topological polar surface area (TPSA) is 79.8 Å². The molecule has 6 heteroatoms. The molecule has 0 saturated carbocycles. The smallest absolute Gasteiger partial charge is 0.258 e. The molecule has 3 rings (SSSR count). The molecule has 0 saturated heterocycles. The Bertz CT molecular complexity index is 1010. The van der Waals surface area contributed by atoms with Crippen LogP contribution in [0, 0.1) is 21.4 Å². The first-order chi connectivity index (χ1) is 12.6. The minimum absolute atomic E-state index is 0.0350. The summed E-state index contributed by atoms with van der Waals surface area (Å²) in [5.41, 5.74) is 3.67. The van der Waals surface area contributed by atoms with Gasteiger partial charge in [-0.2, -0.15) is 5.26 Å². The molecule has 3 aromatic rings. The third kappa shape index (κ3) is 3.68. The predicted molar refractivity (Wildman–Crippen MR) is 104 cm³/mol. The van der Waals surface area contributed by atoms with Crippen LogP contribution in [0.1, 0.15) is 23.1 Å². The summed E-state index contributed by atoms with van der Waals surface area (Å²) in [4.78, 5) is 15.2. The second-order valence-electron chi connectivity index (χ2n) is 5.57. The lowest BCUT2D eigenvalue weighted by molar-refractivity contribution is -0.385. The van der Waals surface area contributed by atoms with Crippen LogP contribution in [0.3, 0.4) is 0 Å². The maximum absolute atomic E-state index is 11.1. The molecule has 0 amide bonds. The molecule has 0 unspecified atom stereocenters. The summed E-state index contributed by atoms with van der Waals surface area (Å²) in [6.45, 7) is 2.10. The second kappa shape index (κ2) is 7.72. The number of para-hydroxylation sites is 1. The van der Waals surface area contributed by atoms with Crippen LogP contribution in [0.4, 0.5) is 5.69 Å². The zero-order valence-electron chi connectivity index (χ0n) is 14.0. The first kappa shape index (κ1) is 17.5. The van der Waals surface area contributed by atoms with E-state index >= 15 is 0 Å². The van der Waals surface area contributed by atoms with Gasteiger partial charge in [-0.3, -0.25) is 10.1 Å². The Morgan fingerprint density at radius 1 is 1.27 bits per heavy atom. The van der Waals surface area contributed by atoms with Crippen LogP contribution in [-0.4, -0.2) is 9.91 Å². The summed E-state index contributed by atoms with van der Waals surface area (Å²) < 4.78 is 0. The van der Waals surface area contributed by atoms with Crippen LogP contribution in [0.25, 0.3) is 22.9 Å². The number of nitriles is 1. The Labute approximate surface area is 155 Å². The third-order valence-electron chi connectivity index (χ3n) is 3.95. The van der Waals surface area contributed by atoms with Crippen molar-refractivity contribution < 1.29 is 4.92 Å². The molecule has 0 bridgehead atoms. The van der Waals surface area contributed by atoms with Gasteiger partial charge in [0, 0.05) is 17.0 Å². The molecule has 0 radical (unpaired) electrons. The number of benzene rings is 2. The maximum atomic E-state index is 11.1. The van der Waals surface area contributed by atoms with E-state index in [0.29, 0.717) is 16.1 Å². The maximum Gasteiger partial charge on any atom is 0.276 e. The highest BCUT2D eigenvalue weighted by molar-refractivity contribution is 7.11. The third-order valence-corrected chi connectivity index (χ3v) is 4.82. The normalized spacial score (nSPS) is 11.2. The van der Waals surface area contributed by atoms with E-state index in [-0.39, 0.29) is 5.69 Å². The number of nitro benzene ring substituents is 1. The number of hydrogen-bond donors (Lipinski definition) is 0. The van der Waals surface area contributed by atoms with Gasteiger partial charge in [0.15, 0.2) is 0 Å². The molecule has 0 N–H and O–H groups in total. The first-order valence-electron chi connectivity index (χ1n) is 8.02. The molecule has 0 aliphatic heterocycles. The fourth-order valence-corrected chi connectivity index (χ4v) is 3.31. The van der Waals surface area contributed by atoms with Crippen molar-refractivity contribution in [3.63, 3.8) is 0 Å². The summed E-state index contributed by atoms with van der Waals surface area (Å²) in [7, 11) is 0. The number of hydrogen-bond acceptors (Lipinski definition) is 5. The van der Waals surface area contributed by atoms with Gasteiger partial charge in [0.2, 0.25) is 0 Å². The Morgan fingerprint density at radius 2 is 2.00 bits per heavy atom. The van der Waals surface area contributed by atoms with E-state index in [2.05, 4.69) is 30.1 Å². The zero-order chi connectivity index (χ0) is 18.5. The minimum Gasteiger partial charge on any atom is -0.258 e. The number of rotatable bonds is 5. The lowest BCUT2D eigenvalue weighted by atomic mass is 10.1. The molecule has 0 aliphatic rings. The van der Waals surface area contributed by atoms with E-state index < -0.39 is 4.92 Å². The van der Waals surface area contributed by atoms with Crippen LogP contribution in [0.5, 0.6) is 0 Å². The summed E-state index contributed by atoms with van der Waals surface area (Å²) in [5, 5.41) is 23.1. The van der Waals surface area contributed by atoms with E-state index in [4.69, 9.17) is 0 Å². The van der Waals surface area contributed by atoms with Crippen LogP contribution in [0.15, 0.2) is 53.9 Å². The minimum atomic E-state index is -0.455. The Hall–Kier alpha value is -3.30. The van der Waals surface area contributed by atoms with Gasteiger partial charge in [-0.25, -0.2) is 4.98 Å². The van der Waals surface area contributed by atoms with Gasteiger partial charge in [0.05, 0.1) is 21.8 Å². The Morgan fingerprint density at radius 3 is 2.65 bits per heavy atom. The van der Waals surface area contributed by atoms with Crippen LogP contribution in [-0.2, 0) is 6.42 Å². The molecule has 128 valence electrons.